The zero-order valence-corrected chi connectivity index (χ0v) is 18.4. The van der Waals surface area contributed by atoms with Crippen LogP contribution in [0.25, 0.3) is 11.4 Å². The molecule has 3 aromatic rings. The van der Waals surface area contributed by atoms with Crippen molar-refractivity contribution >= 4 is 15.7 Å². The summed E-state index contributed by atoms with van der Waals surface area (Å²) in [6.45, 7) is 0.882. The fraction of sp³-hybridized carbons (Fsp3) is 0.375. The molecule has 1 saturated carbocycles. The van der Waals surface area contributed by atoms with E-state index in [9.17, 15) is 13.2 Å². The lowest BCUT2D eigenvalue weighted by Crippen LogP contribution is -2.37. The Bertz CT molecular complexity index is 1280. The number of rotatable bonds is 4. The Morgan fingerprint density at radius 1 is 1.06 bits per heavy atom. The number of likely N-dealkylation sites (tertiary alicyclic amines) is 1. The molecular weight excluding hydrogens is 424 g/mol. The van der Waals surface area contributed by atoms with E-state index >= 15 is 0 Å². The lowest BCUT2D eigenvalue weighted by molar-refractivity contribution is 0.0782. The van der Waals surface area contributed by atoms with Crippen molar-refractivity contribution in [2.75, 3.05) is 24.6 Å². The molecule has 3 heterocycles. The maximum Gasteiger partial charge on any atom is 0.253 e. The number of sulfone groups is 1. The zero-order chi connectivity index (χ0) is 21.9. The molecule has 0 bridgehead atoms. The lowest BCUT2D eigenvalue weighted by atomic mass is 9.75. The van der Waals surface area contributed by atoms with Crippen LogP contribution in [0.3, 0.4) is 0 Å². The average molecular weight is 449 g/mol. The molecule has 7 nitrogen and oxygen atoms in total. The molecule has 0 spiro atoms. The summed E-state index contributed by atoms with van der Waals surface area (Å²) in [7, 11) is -3.12. The second kappa shape index (κ2) is 7.00. The van der Waals surface area contributed by atoms with E-state index < -0.39 is 15.3 Å². The Kier molecular flexibility index (Phi) is 4.30. The predicted octanol–water partition coefficient (Wildman–Crippen LogP) is 2.79. The summed E-state index contributed by atoms with van der Waals surface area (Å²) in [4.78, 5) is 19.7. The fourth-order valence-electron chi connectivity index (χ4n) is 5.33. The molecule has 8 heteroatoms. The molecule has 1 N–H and O–H groups in total. The molecule has 1 aromatic heterocycles. The number of hydrogen-bond donors (Lipinski definition) is 1. The second-order valence-electron chi connectivity index (χ2n) is 9.36. The highest BCUT2D eigenvalue weighted by Gasteiger charge is 2.57. The first-order valence-electron chi connectivity index (χ1n) is 11.0. The van der Waals surface area contributed by atoms with Gasteiger partial charge in [0, 0.05) is 41.5 Å². The van der Waals surface area contributed by atoms with Gasteiger partial charge in [-0.05, 0) is 30.5 Å². The number of aromatic amines is 1. The van der Waals surface area contributed by atoms with Crippen LogP contribution in [0.15, 0.2) is 54.6 Å². The Hall–Kier alpha value is -3.00. The van der Waals surface area contributed by atoms with Crippen molar-refractivity contribution in [3.8, 4) is 11.4 Å². The van der Waals surface area contributed by atoms with Crippen LogP contribution in [0.1, 0.15) is 40.5 Å². The molecule has 0 radical (unpaired) electrons. The van der Waals surface area contributed by atoms with Crippen molar-refractivity contribution in [3.63, 3.8) is 0 Å². The van der Waals surface area contributed by atoms with Crippen LogP contribution in [-0.4, -0.2) is 59.0 Å². The quantitative estimate of drug-likeness (QED) is 0.662. The van der Waals surface area contributed by atoms with Crippen LogP contribution in [0.2, 0.25) is 0 Å². The molecule has 3 aliphatic rings. The van der Waals surface area contributed by atoms with E-state index in [-0.39, 0.29) is 23.3 Å². The van der Waals surface area contributed by atoms with Crippen LogP contribution >= 0.6 is 0 Å². The molecule has 164 valence electrons. The SMILES string of the molecule is O=C(c1ccc(-c2n[nH]c(C3CC3)n2)cc1)N1CC2CS(=O)(=O)CC2(c2ccccc2)C1. The van der Waals surface area contributed by atoms with E-state index in [0.717, 1.165) is 29.8 Å². The number of carbonyl (C=O) groups is 1. The van der Waals surface area contributed by atoms with Crippen molar-refractivity contribution in [2.45, 2.75) is 24.2 Å². The van der Waals surface area contributed by atoms with Gasteiger partial charge in [0.05, 0.1) is 11.5 Å². The second-order valence-corrected chi connectivity index (χ2v) is 11.5. The predicted molar refractivity (Wildman–Crippen MR) is 120 cm³/mol. The Balaban J connectivity index is 1.24. The van der Waals surface area contributed by atoms with E-state index in [1.807, 2.05) is 59.5 Å². The topological polar surface area (TPSA) is 96.0 Å². The number of carbonyl (C=O) groups excluding carboxylic acids is 1. The van der Waals surface area contributed by atoms with E-state index in [4.69, 9.17) is 0 Å². The molecule has 2 aromatic carbocycles. The molecular formula is C24H24N4O3S. The van der Waals surface area contributed by atoms with Gasteiger partial charge in [-0.2, -0.15) is 5.10 Å². The minimum Gasteiger partial charge on any atom is -0.337 e. The highest BCUT2D eigenvalue weighted by Crippen LogP contribution is 2.46. The number of fused-ring (bicyclic) bond motifs is 1. The zero-order valence-electron chi connectivity index (χ0n) is 17.6. The van der Waals surface area contributed by atoms with Gasteiger partial charge >= 0.3 is 0 Å². The van der Waals surface area contributed by atoms with Gasteiger partial charge in [0.2, 0.25) is 0 Å². The number of nitrogens with one attached hydrogen (secondary N) is 1. The Morgan fingerprint density at radius 2 is 1.81 bits per heavy atom. The number of nitrogens with zero attached hydrogens (tertiary/aromatic N) is 3. The fourth-order valence-corrected chi connectivity index (χ4v) is 7.76. The average Bonchev–Trinajstić information content (AvgIpc) is 3.32. The van der Waals surface area contributed by atoms with Crippen LogP contribution in [0.4, 0.5) is 0 Å². The van der Waals surface area contributed by atoms with Gasteiger partial charge in [-0.3, -0.25) is 9.89 Å². The smallest absolute Gasteiger partial charge is 0.253 e. The third-order valence-corrected chi connectivity index (χ3v) is 8.99. The van der Waals surface area contributed by atoms with Crippen molar-refractivity contribution < 1.29 is 13.2 Å². The summed E-state index contributed by atoms with van der Waals surface area (Å²) in [5.41, 5.74) is 1.95. The number of amides is 1. The van der Waals surface area contributed by atoms with Gasteiger partial charge < -0.3 is 4.90 Å². The van der Waals surface area contributed by atoms with Crippen molar-refractivity contribution in [3.05, 3.63) is 71.5 Å². The van der Waals surface area contributed by atoms with Crippen molar-refractivity contribution in [1.82, 2.24) is 20.1 Å². The third kappa shape index (κ3) is 3.24. The van der Waals surface area contributed by atoms with Gasteiger partial charge in [0.25, 0.3) is 5.91 Å². The Morgan fingerprint density at radius 3 is 2.53 bits per heavy atom. The summed E-state index contributed by atoms with van der Waals surface area (Å²) in [6, 6.07) is 17.2. The van der Waals surface area contributed by atoms with Gasteiger partial charge in [0.1, 0.15) is 5.82 Å². The normalized spacial score (nSPS) is 26.2. The molecule has 32 heavy (non-hydrogen) atoms. The number of H-pyrrole nitrogens is 1. The number of benzene rings is 2. The van der Waals surface area contributed by atoms with E-state index in [1.54, 1.807) is 0 Å². The molecule has 1 amide bonds. The lowest BCUT2D eigenvalue weighted by Gasteiger charge is -2.28. The maximum absolute atomic E-state index is 13.3. The molecule has 2 aliphatic heterocycles. The van der Waals surface area contributed by atoms with Gasteiger partial charge in [-0.15, -0.1) is 0 Å². The van der Waals surface area contributed by atoms with E-state index in [2.05, 4.69) is 15.2 Å². The third-order valence-electron chi connectivity index (χ3n) is 7.12. The van der Waals surface area contributed by atoms with Crippen molar-refractivity contribution in [1.29, 1.82) is 0 Å². The molecule has 6 rings (SSSR count). The van der Waals surface area contributed by atoms with Gasteiger partial charge in [-0.1, -0.05) is 42.5 Å². The monoisotopic (exact) mass is 448 g/mol. The molecule has 2 unspecified atom stereocenters. The molecule has 1 aliphatic carbocycles. The van der Waals surface area contributed by atoms with Gasteiger partial charge in [-0.25, -0.2) is 13.4 Å². The highest BCUT2D eigenvalue weighted by molar-refractivity contribution is 7.91. The maximum atomic E-state index is 13.3. The summed E-state index contributed by atoms with van der Waals surface area (Å²) < 4.78 is 24.9. The summed E-state index contributed by atoms with van der Waals surface area (Å²) in [5, 5.41) is 7.32. The van der Waals surface area contributed by atoms with E-state index in [0.29, 0.717) is 30.4 Å². The van der Waals surface area contributed by atoms with Gasteiger partial charge in [0.15, 0.2) is 15.7 Å². The first-order valence-corrected chi connectivity index (χ1v) is 12.8. The minimum absolute atomic E-state index is 0.0627. The largest absolute Gasteiger partial charge is 0.337 e. The standard InChI is InChI=1S/C24H24N4O3S/c29-23(18-10-8-17(9-11-18)22-25-21(26-27-22)16-6-7-16)28-12-20-13-32(30,31)15-24(20,14-28)19-4-2-1-3-5-19/h1-5,8-11,16,20H,6-7,12-15H2,(H,25,26,27). The number of aromatic nitrogens is 3. The molecule has 2 atom stereocenters. The molecule has 2 saturated heterocycles. The van der Waals surface area contributed by atoms with Crippen LogP contribution in [0, 0.1) is 5.92 Å². The summed E-state index contributed by atoms with van der Waals surface area (Å²) in [6.07, 6.45) is 2.31. The van der Waals surface area contributed by atoms with Crippen LogP contribution in [-0.2, 0) is 15.3 Å². The van der Waals surface area contributed by atoms with E-state index in [1.165, 1.54) is 0 Å². The number of hydrogen-bond acceptors (Lipinski definition) is 5. The summed E-state index contributed by atoms with van der Waals surface area (Å²) in [5.74, 6) is 2.19. The first-order chi connectivity index (χ1) is 15.4. The van der Waals surface area contributed by atoms with Crippen LogP contribution < -0.4 is 0 Å². The first kappa shape index (κ1) is 19.7. The highest BCUT2D eigenvalue weighted by atomic mass is 32.2. The summed E-state index contributed by atoms with van der Waals surface area (Å²) >= 11 is 0. The Labute approximate surface area is 186 Å². The molecule has 3 fully saturated rings. The van der Waals surface area contributed by atoms with Crippen LogP contribution in [0.5, 0.6) is 0 Å². The van der Waals surface area contributed by atoms with Crippen molar-refractivity contribution in [2.24, 2.45) is 5.92 Å². The minimum atomic E-state index is -3.12.